The SMILES string of the molecule is Cc1nc(CCNCC2(CN)CCOCC2)cs1. The highest BCUT2D eigenvalue weighted by molar-refractivity contribution is 7.09. The van der Waals surface area contributed by atoms with Gasteiger partial charge in [0.25, 0.3) is 0 Å². The zero-order valence-electron chi connectivity index (χ0n) is 11.1. The number of rotatable bonds is 6. The lowest BCUT2D eigenvalue weighted by Gasteiger charge is -2.36. The van der Waals surface area contributed by atoms with Crippen LogP contribution in [0.15, 0.2) is 5.38 Å². The number of hydrogen-bond acceptors (Lipinski definition) is 5. The minimum atomic E-state index is 0.246. The molecule has 0 amide bonds. The van der Waals surface area contributed by atoms with Crippen molar-refractivity contribution >= 4 is 11.3 Å². The normalized spacial score (nSPS) is 19.0. The second-order valence-electron chi connectivity index (χ2n) is 5.10. The average molecular weight is 269 g/mol. The largest absolute Gasteiger partial charge is 0.381 e. The Balaban J connectivity index is 1.70. The summed E-state index contributed by atoms with van der Waals surface area (Å²) < 4.78 is 5.41. The summed E-state index contributed by atoms with van der Waals surface area (Å²) in [5.41, 5.74) is 7.37. The van der Waals surface area contributed by atoms with Gasteiger partial charge in [0.15, 0.2) is 0 Å². The van der Waals surface area contributed by atoms with Crippen LogP contribution in [-0.2, 0) is 11.2 Å². The minimum Gasteiger partial charge on any atom is -0.381 e. The predicted octanol–water partition coefficient (Wildman–Crippen LogP) is 1.34. The Bertz CT molecular complexity index is 361. The molecule has 0 unspecified atom stereocenters. The standard InChI is InChI=1S/C13H23N3OS/c1-11-16-12(8-18-11)2-5-15-10-13(9-14)3-6-17-7-4-13/h8,15H,2-7,9-10,14H2,1H3. The number of nitrogens with one attached hydrogen (secondary N) is 1. The Kier molecular flexibility index (Phi) is 5.12. The van der Waals surface area contributed by atoms with E-state index in [4.69, 9.17) is 10.5 Å². The van der Waals surface area contributed by atoms with Crippen molar-refractivity contribution in [3.8, 4) is 0 Å². The summed E-state index contributed by atoms with van der Waals surface area (Å²) in [6.45, 7) is 6.47. The van der Waals surface area contributed by atoms with Crippen molar-refractivity contribution in [1.82, 2.24) is 10.3 Å². The summed E-state index contributed by atoms with van der Waals surface area (Å²) in [5.74, 6) is 0. The molecule has 5 heteroatoms. The van der Waals surface area contributed by atoms with Gasteiger partial charge in [0.2, 0.25) is 0 Å². The van der Waals surface area contributed by atoms with E-state index in [1.54, 1.807) is 11.3 Å². The first-order valence-electron chi connectivity index (χ1n) is 6.64. The summed E-state index contributed by atoms with van der Waals surface area (Å²) in [4.78, 5) is 4.47. The van der Waals surface area contributed by atoms with Crippen molar-refractivity contribution in [3.63, 3.8) is 0 Å². The molecule has 0 spiro atoms. The second kappa shape index (κ2) is 6.61. The van der Waals surface area contributed by atoms with Crippen molar-refractivity contribution < 1.29 is 4.74 Å². The van der Waals surface area contributed by atoms with E-state index in [1.165, 1.54) is 5.69 Å². The van der Waals surface area contributed by atoms with Crippen molar-refractivity contribution in [2.24, 2.45) is 11.1 Å². The van der Waals surface area contributed by atoms with Crippen LogP contribution in [0.25, 0.3) is 0 Å². The van der Waals surface area contributed by atoms with Gasteiger partial charge < -0.3 is 15.8 Å². The number of aryl methyl sites for hydroxylation is 1. The van der Waals surface area contributed by atoms with Crippen LogP contribution in [-0.4, -0.2) is 37.8 Å². The smallest absolute Gasteiger partial charge is 0.0897 e. The second-order valence-corrected chi connectivity index (χ2v) is 6.16. The van der Waals surface area contributed by atoms with Gasteiger partial charge in [-0.25, -0.2) is 4.98 Å². The summed E-state index contributed by atoms with van der Waals surface area (Å²) >= 11 is 1.72. The molecule has 2 rings (SSSR count). The molecular formula is C13H23N3OS. The molecule has 0 radical (unpaired) electrons. The van der Waals surface area contributed by atoms with Crippen LogP contribution in [0, 0.1) is 12.3 Å². The molecule has 3 N–H and O–H groups in total. The van der Waals surface area contributed by atoms with Gasteiger partial charge >= 0.3 is 0 Å². The van der Waals surface area contributed by atoms with E-state index < -0.39 is 0 Å². The van der Waals surface area contributed by atoms with Crippen LogP contribution in [0.3, 0.4) is 0 Å². The average Bonchev–Trinajstić information content (AvgIpc) is 2.82. The molecule has 2 heterocycles. The molecule has 0 aromatic carbocycles. The molecule has 1 aliphatic rings. The van der Waals surface area contributed by atoms with Crippen LogP contribution in [0.2, 0.25) is 0 Å². The molecule has 1 aromatic rings. The Morgan fingerprint density at radius 3 is 2.89 bits per heavy atom. The third-order valence-corrected chi connectivity index (χ3v) is 4.53. The van der Waals surface area contributed by atoms with Gasteiger partial charge in [0.1, 0.15) is 0 Å². The Morgan fingerprint density at radius 1 is 1.50 bits per heavy atom. The van der Waals surface area contributed by atoms with E-state index >= 15 is 0 Å². The van der Waals surface area contributed by atoms with E-state index in [0.29, 0.717) is 0 Å². The van der Waals surface area contributed by atoms with Crippen LogP contribution in [0.1, 0.15) is 23.5 Å². The molecule has 0 aliphatic carbocycles. The van der Waals surface area contributed by atoms with Crippen molar-refractivity contribution in [2.75, 3.05) is 32.8 Å². The van der Waals surface area contributed by atoms with E-state index in [2.05, 4.69) is 15.7 Å². The molecule has 0 bridgehead atoms. The number of ether oxygens (including phenoxy) is 1. The highest BCUT2D eigenvalue weighted by Crippen LogP contribution is 2.28. The fourth-order valence-electron chi connectivity index (χ4n) is 2.35. The van der Waals surface area contributed by atoms with Crippen molar-refractivity contribution in [1.29, 1.82) is 0 Å². The lowest BCUT2D eigenvalue weighted by Crippen LogP contribution is -2.44. The van der Waals surface area contributed by atoms with Crippen molar-refractivity contribution in [2.45, 2.75) is 26.2 Å². The highest BCUT2D eigenvalue weighted by atomic mass is 32.1. The van der Waals surface area contributed by atoms with Crippen LogP contribution >= 0.6 is 11.3 Å². The molecular weight excluding hydrogens is 246 g/mol. The molecule has 1 aromatic heterocycles. The zero-order chi connectivity index (χ0) is 12.8. The fraction of sp³-hybridized carbons (Fsp3) is 0.769. The van der Waals surface area contributed by atoms with Crippen molar-refractivity contribution in [3.05, 3.63) is 16.1 Å². The summed E-state index contributed by atoms with van der Waals surface area (Å²) in [6, 6.07) is 0. The fourth-order valence-corrected chi connectivity index (χ4v) is 3.00. The number of nitrogens with two attached hydrogens (primary N) is 1. The van der Waals surface area contributed by atoms with Crippen LogP contribution in [0.4, 0.5) is 0 Å². The maximum absolute atomic E-state index is 5.93. The Hall–Kier alpha value is -0.490. The molecule has 4 nitrogen and oxygen atoms in total. The van der Waals surface area contributed by atoms with Gasteiger partial charge in [-0.05, 0) is 31.7 Å². The maximum atomic E-state index is 5.93. The van der Waals surface area contributed by atoms with Gasteiger partial charge in [0.05, 0.1) is 10.7 Å². The van der Waals surface area contributed by atoms with Gasteiger partial charge in [-0.1, -0.05) is 0 Å². The predicted molar refractivity (Wildman–Crippen MR) is 75.0 cm³/mol. The first-order chi connectivity index (χ1) is 8.74. The quantitative estimate of drug-likeness (QED) is 0.765. The van der Waals surface area contributed by atoms with E-state index in [0.717, 1.165) is 57.1 Å². The molecule has 1 saturated heterocycles. The molecule has 0 saturated carbocycles. The molecule has 1 aliphatic heterocycles. The topological polar surface area (TPSA) is 60.2 Å². The van der Waals surface area contributed by atoms with Crippen LogP contribution < -0.4 is 11.1 Å². The number of aromatic nitrogens is 1. The molecule has 102 valence electrons. The number of hydrogen-bond donors (Lipinski definition) is 2. The molecule has 0 atom stereocenters. The lowest BCUT2D eigenvalue weighted by molar-refractivity contribution is 0.0193. The third-order valence-electron chi connectivity index (χ3n) is 3.71. The first-order valence-corrected chi connectivity index (χ1v) is 7.52. The first kappa shape index (κ1) is 13.9. The number of nitrogens with zero attached hydrogens (tertiary/aromatic N) is 1. The summed E-state index contributed by atoms with van der Waals surface area (Å²) in [7, 11) is 0. The van der Waals surface area contributed by atoms with E-state index in [9.17, 15) is 0 Å². The molecule has 18 heavy (non-hydrogen) atoms. The maximum Gasteiger partial charge on any atom is 0.0897 e. The Morgan fingerprint density at radius 2 is 2.28 bits per heavy atom. The highest BCUT2D eigenvalue weighted by Gasteiger charge is 2.30. The number of thiazole rings is 1. The monoisotopic (exact) mass is 269 g/mol. The molecule has 1 fully saturated rings. The third kappa shape index (κ3) is 3.75. The van der Waals surface area contributed by atoms with Gasteiger partial charge in [0, 0.05) is 38.1 Å². The van der Waals surface area contributed by atoms with Gasteiger partial charge in [-0.3, -0.25) is 0 Å². The van der Waals surface area contributed by atoms with Gasteiger partial charge in [-0.15, -0.1) is 11.3 Å². The van der Waals surface area contributed by atoms with E-state index in [1.807, 2.05) is 6.92 Å². The van der Waals surface area contributed by atoms with Crippen LogP contribution in [0.5, 0.6) is 0 Å². The summed E-state index contributed by atoms with van der Waals surface area (Å²) in [5, 5.41) is 6.82. The lowest BCUT2D eigenvalue weighted by atomic mass is 9.80. The summed E-state index contributed by atoms with van der Waals surface area (Å²) in [6.07, 6.45) is 3.15. The van der Waals surface area contributed by atoms with Gasteiger partial charge in [-0.2, -0.15) is 0 Å². The van der Waals surface area contributed by atoms with E-state index in [-0.39, 0.29) is 5.41 Å². The Labute approximate surface area is 113 Å². The zero-order valence-corrected chi connectivity index (χ0v) is 11.9. The minimum absolute atomic E-state index is 0.246.